The maximum Gasteiger partial charge on any atom is 0.243 e. The number of ether oxygens (including phenoxy) is 1. The topological polar surface area (TPSA) is 87.6 Å². The lowest BCUT2D eigenvalue weighted by atomic mass is 9.80. The third-order valence-electron chi connectivity index (χ3n) is 6.74. The van der Waals surface area contributed by atoms with Crippen LogP contribution in [-0.2, 0) is 23.2 Å². The molecule has 8 heteroatoms. The summed E-state index contributed by atoms with van der Waals surface area (Å²) >= 11 is 0. The smallest absolute Gasteiger partial charge is 0.243 e. The zero-order valence-corrected chi connectivity index (χ0v) is 16.6. The molecule has 7 nitrogen and oxygen atoms in total. The average Bonchev–Trinajstić information content (AvgIpc) is 3.16. The second-order valence-electron chi connectivity index (χ2n) is 8.71. The Bertz CT molecular complexity index is 1060. The highest BCUT2D eigenvalue weighted by Gasteiger charge is 2.56. The van der Waals surface area contributed by atoms with Crippen molar-refractivity contribution in [2.24, 2.45) is 0 Å². The Morgan fingerprint density at radius 1 is 1.27 bits per heavy atom. The Labute approximate surface area is 173 Å². The summed E-state index contributed by atoms with van der Waals surface area (Å²) in [5.41, 5.74) is 1.35. The van der Waals surface area contributed by atoms with E-state index in [1.807, 2.05) is 6.07 Å². The number of rotatable bonds is 4. The molecule has 0 atom stereocenters. The molecule has 6 rings (SSSR count). The first-order chi connectivity index (χ1) is 14.6. The number of carbonyl (C=O) groups excluding carboxylic acids is 1. The summed E-state index contributed by atoms with van der Waals surface area (Å²) < 4.78 is 20.1. The summed E-state index contributed by atoms with van der Waals surface area (Å²) in [7, 11) is 0. The highest BCUT2D eigenvalue weighted by Crippen LogP contribution is 2.55. The lowest BCUT2D eigenvalue weighted by Gasteiger charge is -2.24. The summed E-state index contributed by atoms with van der Waals surface area (Å²) in [5, 5.41) is 13.2. The minimum Gasteiger partial charge on any atom is -0.490 e. The molecule has 2 N–H and O–H groups in total. The van der Waals surface area contributed by atoms with Crippen LogP contribution in [0.25, 0.3) is 0 Å². The fourth-order valence-electron chi connectivity index (χ4n) is 5.17. The molecule has 0 unspecified atom stereocenters. The van der Waals surface area contributed by atoms with Crippen LogP contribution in [0.4, 0.5) is 21.7 Å². The monoisotopic (exact) mass is 410 g/mol. The molecule has 0 bridgehead atoms. The second kappa shape index (κ2) is 6.38. The highest BCUT2D eigenvalue weighted by atomic mass is 19.1. The minimum absolute atomic E-state index is 0.0727. The Kier molecular flexibility index (Phi) is 3.84. The molecular formula is C22H23FN4O3. The molecule has 3 heterocycles. The lowest BCUT2D eigenvalue weighted by molar-refractivity contribution is -0.122. The van der Waals surface area contributed by atoms with Crippen molar-refractivity contribution >= 4 is 23.2 Å². The number of benzene rings is 1. The maximum atomic E-state index is 14.7. The molecule has 2 saturated carbocycles. The second-order valence-corrected chi connectivity index (χ2v) is 8.71. The van der Waals surface area contributed by atoms with Crippen molar-refractivity contribution in [1.82, 2.24) is 9.97 Å². The van der Waals surface area contributed by atoms with E-state index < -0.39 is 11.2 Å². The van der Waals surface area contributed by atoms with Crippen molar-refractivity contribution in [2.45, 2.75) is 63.0 Å². The van der Waals surface area contributed by atoms with Gasteiger partial charge < -0.3 is 15.2 Å². The van der Waals surface area contributed by atoms with Gasteiger partial charge in [-0.15, -0.1) is 0 Å². The van der Waals surface area contributed by atoms with Crippen molar-refractivity contribution in [1.29, 1.82) is 0 Å². The van der Waals surface area contributed by atoms with E-state index in [0.29, 0.717) is 36.4 Å². The summed E-state index contributed by atoms with van der Waals surface area (Å²) in [4.78, 5) is 24.5. The van der Waals surface area contributed by atoms with Crippen LogP contribution in [0, 0.1) is 5.82 Å². The van der Waals surface area contributed by atoms with Gasteiger partial charge in [0.25, 0.3) is 0 Å². The summed E-state index contributed by atoms with van der Waals surface area (Å²) in [6.07, 6.45) is 6.11. The van der Waals surface area contributed by atoms with Crippen LogP contribution >= 0.6 is 0 Å². The van der Waals surface area contributed by atoms with Gasteiger partial charge in [0.05, 0.1) is 23.3 Å². The number of aliphatic hydroxyl groups is 1. The Morgan fingerprint density at radius 2 is 2.07 bits per heavy atom. The quantitative estimate of drug-likeness (QED) is 0.805. The van der Waals surface area contributed by atoms with Crippen molar-refractivity contribution in [3.63, 3.8) is 0 Å². The van der Waals surface area contributed by atoms with Gasteiger partial charge in [-0.3, -0.25) is 9.69 Å². The van der Waals surface area contributed by atoms with Gasteiger partial charge in [0.15, 0.2) is 17.4 Å². The molecule has 1 spiro atoms. The van der Waals surface area contributed by atoms with Gasteiger partial charge in [-0.1, -0.05) is 12.8 Å². The molecule has 2 fully saturated rings. The molecule has 1 aromatic carbocycles. The molecule has 156 valence electrons. The number of hydrogen-bond acceptors (Lipinski definition) is 6. The van der Waals surface area contributed by atoms with Crippen molar-refractivity contribution < 1.29 is 19.0 Å². The molecule has 2 aliphatic carbocycles. The largest absolute Gasteiger partial charge is 0.490 e. The molecule has 4 aliphatic rings. The van der Waals surface area contributed by atoms with E-state index >= 15 is 0 Å². The predicted molar refractivity (Wildman–Crippen MR) is 107 cm³/mol. The van der Waals surface area contributed by atoms with E-state index in [0.717, 1.165) is 49.7 Å². The normalized spacial score (nSPS) is 21.1. The van der Waals surface area contributed by atoms with E-state index in [1.54, 1.807) is 4.90 Å². The van der Waals surface area contributed by atoms with Crippen molar-refractivity contribution in [2.75, 3.05) is 16.8 Å². The van der Waals surface area contributed by atoms with Crippen LogP contribution < -0.4 is 15.0 Å². The number of amides is 1. The number of nitrogens with zero attached hydrogens (tertiary/aromatic N) is 3. The summed E-state index contributed by atoms with van der Waals surface area (Å²) in [6.45, 7) is 0.116. The first kappa shape index (κ1) is 18.1. The number of fused-ring (bicyclic) bond motifs is 3. The van der Waals surface area contributed by atoms with E-state index in [9.17, 15) is 14.3 Å². The number of aromatic nitrogens is 2. The van der Waals surface area contributed by atoms with Crippen molar-refractivity contribution in [3.05, 3.63) is 34.9 Å². The van der Waals surface area contributed by atoms with E-state index in [2.05, 4.69) is 15.3 Å². The SMILES string of the molecule is O=C1N(c2cc(F)c3c(c2)CCO3)c2nc(CO)nc(NC3CC3)c2C12CCCC2. The molecular weight excluding hydrogens is 387 g/mol. The van der Waals surface area contributed by atoms with Crippen LogP contribution in [-0.4, -0.2) is 33.6 Å². The standard InChI is InChI=1S/C22H23FN4O3/c23-15-10-14(9-12-5-8-30-18(12)15)27-20-17(22(21(27)29)6-1-2-7-22)19(24-13-3-4-13)25-16(11-28)26-20/h9-10,13,28H,1-8,11H2,(H,24,25,26). The first-order valence-electron chi connectivity index (χ1n) is 10.7. The number of aliphatic hydroxyl groups excluding tert-OH is 1. The Morgan fingerprint density at radius 3 is 2.80 bits per heavy atom. The fraction of sp³-hybridized carbons (Fsp3) is 0.500. The number of hydrogen-bond donors (Lipinski definition) is 2. The van der Waals surface area contributed by atoms with Gasteiger partial charge in [0.1, 0.15) is 18.2 Å². The highest BCUT2D eigenvalue weighted by molar-refractivity contribution is 6.13. The molecule has 2 aromatic rings. The van der Waals surface area contributed by atoms with Crippen LogP contribution in [0.3, 0.4) is 0 Å². The Hall–Kier alpha value is -2.74. The zero-order valence-electron chi connectivity index (χ0n) is 16.6. The maximum absolute atomic E-state index is 14.7. The van der Waals surface area contributed by atoms with Gasteiger partial charge in [0.2, 0.25) is 5.91 Å². The van der Waals surface area contributed by atoms with E-state index in [1.165, 1.54) is 6.07 Å². The van der Waals surface area contributed by atoms with E-state index in [4.69, 9.17) is 4.74 Å². The number of halogens is 1. The van der Waals surface area contributed by atoms with Crippen LogP contribution in [0.15, 0.2) is 12.1 Å². The third kappa shape index (κ3) is 2.49. The molecule has 0 saturated heterocycles. The Balaban J connectivity index is 1.57. The molecule has 2 aliphatic heterocycles. The number of anilines is 3. The van der Waals surface area contributed by atoms with E-state index in [-0.39, 0.29) is 24.1 Å². The van der Waals surface area contributed by atoms with Gasteiger partial charge in [-0.2, -0.15) is 0 Å². The first-order valence-corrected chi connectivity index (χ1v) is 10.7. The van der Waals surface area contributed by atoms with Crippen LogP contribution in [0.5, 0.6) is 5.75 Å². The van der Waals surface area contributed by atoms with Gasteiger partial charge >= 0.3 is 0 Å². The van der Waals surface area contributed by atoms with Gasteiger partial charge in [-0.25, -0.2) is 14.4 Å². The fourth-order valence-corrected chi connectivity index (χ4v) is 5.17. The molecule has 1 amide bonds. The van der Waals surface area contributed by atoms with Gasteiger partial charge in [0, 0.05) is 24.1 Å². The number of nitrogens with one attached hydrogen (secondary N) is 1. The number of carbonyl (C=O) groups is 1. The van der Waals surface area contributed by atoms with Crippen LogP contribution in [0.2, 0.25) is 0 Å². The molecule has 30 heavy (non-hydrogen) atoms. The molecule has 0 radical (unpaired) electrons. The lowest BCUT2D eigenvalue weighted by Crippen LogP contribution is -2.36. The average molecular weight is 410 g/mol. The van der Waals surface area contributed by atoms with Crippen molar-refractivity contribution in [3.8, 4) is 5.75 Å². The summed E-state index contributed by atoms with van der Waals surface area (Å²) in [6, 6.07) is 3.53. The van der Waals surface area contributed by atoms with Crippen LogP contribution in [0.1, 0.15) is 55.5 Å². The third-order valence-corrected chi connectivity index (χ3v) is 6.74. The zero-order chi connectivity index (χ0) is 20.5. The summed E-state index contributed by atoms with van der Waals surface area (Å²) in [5.74, 6) is 1.12. The minimum atomic E-state index is -0.688. The van der Waals surface area contributed by atoms with Gasteiger partial charge in [-0.05, 0) is 31.7 Å². The predicted octanol–water partition coefficient (Wildman–Crippen LogP) is 3.11. The molecule has 1 aromatic heterocycles.